The van der Waals surface area contributed by atoms with Crippen LogP contribution in [0.3, 0.4) is 0 Å². The molecule has 0 spiro atoms. The van der Waals surface area contributed by atoms with Gasteiger partial charge in [-0.25, -0.2) is 0 Å². The molecule has 1 aromatic heterocycles. The van der Waals surface area contributed by atoms with Gasteiger partial charge in [-0.15, -0.1) is 11.3 Å². The number of aryl methyl sites for hydroxylation is 1. The van der Waals surface area contributed by atoms with Crippen molar-refractivity contribution in [2.75, 3.05) is 12.8 Å². The molecule has 0 aliphatic heterocycles. The summed E-state index contributed by atoms with van der Waals surface area (Å²) >= 11 is 9.50. The molecule has 2 atom stereocenters. The second-order valence-corrected chi connectivity index (χ2v) is 7.18. The first-order valence-corrected chi connectivity index (χ1v) is 8.10. The summed E-state index contributed by atoms with van der Waals surface area (Å²) in [4.78, 5) is 1.39. The lowest BCUT2D eigenvalue weighted by Crippen LogP contribution is -2.31. The predicted octanol–water partition coefficient (Wildman–Crippen LogP) is 4.06. The standard InChI is InChI=1S/C12H20ClNS2/c1-9(14-8-10(2)15-3)4-5-11-6-7-12(13)16-11/h6-7,9-10,14H,4-5,8H2,1-3H3. The van der Waals surface area contributed by atoms with E-state index in [1.54, 1.807) is 11.3 Å². The van der Waals surface area contributed by atoms with Crippen molar-refractivity contribution in [3.05, 3.63) is 21.3 Å². The summed E-state index contributed by atoms with van der Waals surface area (Å²) in [5, 5.41) is 4.25. The molecule has 92 valence electrons. The van der Waals surface area contributed by atoms with Gasteiger partial charge in [-0.2, -0.15) is 11.8 Å². The second kappa shape index (κ2) is 7.59. The summed E-state index contributed by atoms with van der Waals surface area (Å²) in [5.74, 6) is 0. The van der Waals surface area contributed by atoms with Gasteiger partial charge in [0.25, 0.3) is 0 Å². The van der Waals surface area contributed by atoms with E-state index < -0.39 is 0 Å². The van der Waals surface area contributed by atoms with Crippen molar-refractivity contribution in [3.63, 3.8) is 0 Å². The van der Waals surface area contributed by atoms with E-state index >= 15 is 0 Å². The van der Waals surface area contributed by atoms with Gasteiger partial charge >= 0.3 is 0 Å². The molecule has 0 amide bonds. The fraction of sp³-hybridized carbons (Fsp3) is 0.667. The van der Waals surface area contributed by atoms with Crippen molar-refractivity contribution >= 4 is 34.7 Å². The van der Waals surface area contributed by atoms with Gasteiger partial charge in [0.2, 0.25) is 0 Å². The number of nitrogens with one attached hydrogen (secondary N) is 1. The maximum absolute atomic E-state index is 5.90. The minimum absolute atomic E-state index is 0.579. The van der Waals surface area contributed by atoms with Gasteiger partial charge in [0.05, 0.1) is 4.34 Å². The number of hydrogen-bond acceptors (Lipinski definition) is 3. The largest absolute Gasteiger partial charge is 0.313 e. The molecule has 0 aliphatic carbocycles. The molecule has 1 aromatic rings. The maximum Gasteiger partial charge on any atom is 0.0931 e. The van der Waals surface area contributed by atoms with Crippen LogP contribution in [0.25, 0.3) is 0 Å². The van der Waals surface area contributed by atoms with Crippen LogP contribution < -0.4 is 5.32 Å². The minimum atomic E-state index is 0.579. The summed E-state index contributed by atoms with van der Waals surface area (Å²) in [6, 6.07) is 4.69. The number of halogens is 1. The molecule has 1 heterocycles. The van der Waals surface area contributed by atoms with E-state index in [1.807, 2.05) is 17.8 Å². The molecule has 0 saturated heterocycles. The van der Waals surface area contributed by atoms with Crippen LogP contribution in [-0.4, -0.2) is 24.1 Å². The number of rotatable bonds is 7. The summed E-state index contributed by atoms with van der Waals surface area (Å²) < 4.78 is 0.895. The fourth-order valence-corrected chi connectivity index (χ4v) is 2.76. The van der Waals surface area contributed by atoms with Crippen LogP contribution in [0.5, 0.6) is 0 Å². The number of thioether (sulfide) groups is 1. The molecule has 1 nitrogen and oxygen atoms in total. The molecular weight excluding hydrogens is 258 g/mol. The van der Waals surface area contributed by atoms with E-state index in [9.17, 15) is 0 Å². The van der Waals surface area contributed by atoms with Gasteiger partial charge in [0.1, 0.15) is 0 Å². The van der Waals surface area contributed by atoms with Crippen molar-refractivity contribution in [1.82, 2.24) is 5.32 Å². The molecule has 0 aromatic carbocycles. The molecule has 1 N–H and O–H groups in total. The van der Waals surface area contributed by atoms with Gasteiger partial charge in [0.15, 0.2) is 0 Å². The minimum Gasteiger partial charge on any atom is -0.313 e. The Morgan fingerprint density at radius 1 is 1.44 bits per heavy atom. The number of hydrogen-bond donors (Lipinski definition) is 1. The van der Waals surface area contributed by atoms with Gasteiger partial charge in [0, 0.05) is 22.7 Å². The van der Waals surface area contributed by atoms with Crippen LogP contribution in [0.2, 0.25) is 4.34 Å². The van der Waals surface area contributed by atoms with E-state index in [0.29, 0.717) is 11.3 Å². The third kappa shape index (κ3) is 5.58. The van der Waals surface area contributed by atoms with E-state index in [0.717, 1.165) is 17.3 Å². The summed E-state index contributed by atoms with van der Waals surface area (Å²) in [7, 11) is 0. The van der Waals surface area contributed by atoms with Crippen molar-refractivity contribution in [1.29, 1.82) is 0 Å². The molecular formula is C12H20ClNS2. The first kappa shape index (κ1) is 14.4. The Kier molecular flexibility index (Phi) is 6.81. The summed E-state index contributed by atoms with van der Waals surface area (Å²) in [6.45, 7) is 5.60. The van der Waals surface area contributed by atoms with Gasteiger partial charge in [-0.1, -0.05) is 18.5 Å². The lowest BCUT2D eigenvalue weighted by Gasteiger charge is -2.16. The summed E-state index contributed by atoms with van der Waals surface area (Å²) in [5.41, 5.74) is 0. The molecule has 0 fully saturated rings. The number of thiophene rings is 1. The van der Waals surface area contributed by atoms with Crippen molar-refractivity contribution in [2.45, 2.75) is 38.0 Å². The predicted molar refractivity (Wildman–Crippen MR) is 78.1 cm³/mol. The molecule has 0 aliphatic rings. The maximum atomic E-state index is 5.90. The first-order chi connectivity index (χ1) is 7.61. The first-order valence-electron chi connectivity index (χ1n) is 5.62. The fourth-order valence-electron chi connectivity index (χ4n) is 1.40. The van der Waals surface area contributed by atoms with Crippen LogP contribution in [0.4, 0.5) is 0 Å². The monoisotopic (exact) mass is 277 g/mol. The van der Waals surface area contributed by atoms with Crippen molar-refractivity contribution < 1.29 is 0 Å². The highest BCUT2D eigenvalue weighted by Gasteiger charge is 2.05. The average Bonchev–Trinajstić information content (AvgIpc) is 2.69. The Labute approximate surface area is 112 Å². The van der Waals surface area contributed by atoms with Crippen molar-refractivity contribution in [2.24, 2.45) is 0 Å². The SMILES string of the molecule is CSC(C)CNC(C)CCc1ccc(Cl)s1. The Balaban J connectivity index is 2.17. The van der Waals surface area contributed by atoms with Crippen LogP contribution in [-0.2, 0) is 6.42 Å². The Morgan fingerprint density at radius 3 is 2.75 bits per heavy atom. The summed E-state index contributed by atoms with van der Waals surface area (Å²) in [6.07, 6.45) is 4.46. The lowest BCUT2D eigenvalue weighted by molar-refractivity contribution is 0.519. The van der Waals surface area contributed by atoms with Crippen LogP contribution in [0.1, 0.15) is 25.1 Å². The highest BCUT2D eigenvalue weighted by molar-refractivity contribution is 7.99. The molecule has 1 rings (SSSR count). The zero-order valence-corrected chi connectivity index (χ0v) is 12.5. The van der Waals surface area contributed by atoms with E-state index in [4.69, 9.17) is 11.6 Å². The Bertz CT molecular complexity index is 301. The topological polar surface area (TPSA) is 12.0 Å². The molecule has 16 heavy (non-hydrogen) atoms. The van der Waals surface area contributed by atoms with Crippen LogP contribution >= 0.6 is 34.7 Å². The molecule has 0 saturated carbocycles. The second-order valence-electron chi connectivity index (χ2n) is 4.10. The average molecular weight is 278 g/mol. The molecule has 0 bridgehead atoms. The van der Waals surface area contributed by atoms with Crippen LogP contribution in [0, 0.1) is 0 Å². The smallest absolute Gasteiger partial charge is 0.0931 e. The Hall–Kier alpha value is 0.300. The van der Waals surface area contributed by atoms with E-state index in [1.165, 1.54) is 11.3 Å². The quantitative estimate of drug-likeness (QED) is 0.807. The highest BCUT2D eigenvalue weighted by atomic mass is 35.5. The lowest BCUT2D eigenvalue weighted by atomic mass is 10.1. The third-order valence-electron chi connectivity index (χ3n) is 2.61. The molecule has 2 unspecified atom stereocenters. The van der Waals surface area contributed by atoms with E-state index in [2.05, 4.69) is 31.5 Å². The van der Waals surface area contributed by atoms with Crippen LogP contribution in [0.15, 0.2) is 12.1 Å². The van der Waals surface area contributed by atoms with Gasteiger partial charge in [-0.05, 0) is 38.2 Å². The highest BCUT2D eigenvalue weighted by Crippen LogP contribution is 2.22. The molecule has 4 heteroatoms. The zero-order chi connectivity index (χ0) is 12.0. The normalized spacial score (nSPS) is 15.0. The van der Waals surface area contributed by atoms with E-state index in [-0.39, 0.29) is 0 Å². The molecule has 0 radical (unpaired) electrons. The van der Waals surface area contributed by atoms with Gasteiger partial charge in [-0.3, -0.25) is 0 Å². The third-order valence-corrected chi connectivity index (χ3v) is 4.87. The zero-order valence-electron chi connectivity index (χ0n) is 10.1. The van der Waals surface area contributed by atoms with Crippen molar-refractivity contribution in [3.8, 4) is 0 Å². The van der Waals surface area contributed by atoms with Gasteiger partial charge < -0.3 is 5.32 Å². The Morgan fingerprint density at radius 2 is 2.19 bits per heavy atom.